The smallest absolute Gasteiger partial charge is 0.229 e. The lowest BCUT2D eigenvalue weighted by atomic mass is 9.95. The number of piperazine rings is 1. The van der Waals surface area contributed by atoms with Crippen molar-refractivity contribution in [2.24, 2.45) is 11.3 Å². The lowest BCUT2D eigenvalue weighted by molar-refractivity contribution is -0.131. The molecular weight excluding hydrogens is 350 g/mol. The number of amides is 2. The average molecular weight is 386 g/mol. The van der Waals surface area contributed by atoms with Crippen LogP contribution < -0.4 is 10.2 Å². The van der Waals surface area contributed by atoms with Crippen LogP contribution in [0.1, 0.15) is 59.3 Å². The van der Waals surface area contributed by atoms with E-state index < -0.39 is 5.41 Å². The number of nitrogens with one attached hydrogen (secondary N) is 1. The van der Waals surface area contributed by atoms with Gasteiger partial charge in [0.05, 0.1) is 0 Å². The molecular formula is C23H35N3O2. The van der Waals surface area contributed by atoms with E-state index in [-0.39, 0.29) is 5.91 Å². The molecule has 2 amide bonds. The van der Waals surface area contributed by atoms with Gasteiger partial charge in [-0.1, -0.05) is 46.5 Å². The second kappa shape index (κ2) is 8.97. The zero-order valence-corrected chi connectivity index (χ0v) is 17.7. The highest BCUT2D eigenvalue weighted by Gasteiger charge is 2.24. The number of carbonyl (C=O) groups excluding carboxylic acids is 2. The van der Waals surface area contributed by atoms with E-state index in [0.717, 1.165) is 49.9 Å². The zero-order valence-electron chi connectivity index (χ0n) is 17.7. The van der Waals surface area contributed by atoms with Gasteiger partial charge in [0, 0.05) is 49.4 Å². The van der Waals surface area contributed by atoms with Gasteiger partial charge in [-0.05, 0) is 36.6 Å². The van der Waals surface area contributed by atoms with Gasteiger partial charge in [-0.2, -0.15) is 0 Å². The molecule has 0 atom stereocenters. The fraction of sp³-hybridized carbons (Fsp3) is 0.652. The second-order valence-corrected chi connectivity index (χ2v) is 9.31. The van der Waals surface area contributed by atoms with Gasteiger partial charge in [-0.15, -0.1) is 0 Å². The van der Waals surface area contributed by atoms with Crippen molar-refractivity contribution < 1.29 is 9.59 Å². The van der Waals surface area contributed by atoms with Gasteiger partial charge in [-0.25, -0.2) is 0 Å². The molecule has 2 fully saturated rings. The molecule has 0 spiro atoms. The van der Waals surface area contributed by atoms with E-state index in [2.05, 4.69) is 22.3 Å². The predicted molar refractivity (Wildman–Crippen MR) is 115 cm³/mol. The Labute approximate surface area is 169 Å². The number of carbonyl (C=O) groups is 2. The Hall–Kier alpha value is -2.04. The third-order valence-corrected chi connectivity index (χ3v) is 6.05. The number of hydrogen-bond acceptors (Lipinski definition) is 3. The number of rotatable bonds is 5. The molecule has 5 nitrogen and oxygen atoms in total. The lowest BCUT2D eigenvalue weighted by Crippen LogP contribution is -2.48. The Bertz CT molecular complexity index is 664. The molecule has 1 saturated carbocycles. The molecule has 5 heteroatoms. The van der Waals surface area contributed by atoms with E-state index in [1.807, 2.05) is 37.8 Å². The summed E-state index contributed by atoms with van der Waals surface area (Å²) in [6.07, 6.45) is 7.10. The maximum absolute atomic E-state index is 12.5. The minimum atomic E-state index is -0.403. The van der Waals surface area contributed by atoms with Crippen molar-refractivity contribution >= 4 is 23.2 Å². The van der Waals surface area contributed by atoms with Crippen LogP contribution in [-0.4, -0.2) is 42.9 Å². The molecule has 0 radical (unpaired) electrons. The molecule has 2 aliphatic rings. The van der Waals surface area contributed by atoms with Crippen molar-refractivity contribution in [1.29, 1.82) is 0 Å². The Balaban J connectivity index is 1.45. The minimum Gasteiger partial charge on any atom is -0.368 e. The van der Waals surface area contributed by atoms with Gasteiger partial charge in [0.2, 0.25) is 11.8 Å². The Morgan fingerprint density at radius 1 is 1.00 bits per heavy atom. The summed E-state index contributed by atoms with van der Waals surface area (Å²) >= 11 is 0. The quantitative estimate of drug-likeness (QED) is 0.823. The Morgan fingerprint density at radius 3 is 2.18 bits per heavy atom. The third-order valence-electron chi connectivity index (χ3n) is 6.05. The van der Waals surface area contributed by atoms with Crippen LogP contribution >= 0.6 is 0 Å². The van der Waals surface area contributed by atoms with E-state index in [9.17, 15) is 9.59 Å². The number of nitrogens with zero attached hydrogens (tertiary/aromatic N) is 2. The Morgan fingerprint density at radius 2 is 1.61 bits per heavy atom. The largest absolute Gasteiger partial charge is 0.368 e. The summed E-state index contributed by atoms with van der Waals surface area (Å²) in [7, 11) is 0. The van der Waals surface area contributed by atoms with E-state index in [4.69, 9.17) is 0 Å². The molecule has 154 valence electrons. The first-order valence-corrected chi connectivity index (χ1v) is 10.8. The van der Waals surface area contributed by atoms with Crippen LogP contribution in [0.15, 0.2) is 24.3 Å². The number of anilines is 2. The van der Waals surface area contributed by atoms with Gasteiger partial charge < -0.3 is 15.1 Å². The van der Waals surface area contributed by atoms with Crippen molar-refractivity contribution in [3.05, 3.63) is 24.3 Å². The van der Waals surface area contributed by atoms with Crippen LogP contribution in [0.25, 0.3) is 0 Å². The summed E-state index contributed by atoms with van der Waals surface area (Å²) in [5.74, 6) is 1.12. The maximum atomic E-state index is 12.5. The first-order chi connectivity index (χ1) is 13.3. The van der Waals surface area contributed by atoms with E-state index in [1.54, 1.807) is 0 Å². The highest BCUT2D eigenvalue weighted by atomic mass is 16.2. The van der Waals surface area contributed by atoms with E-state index in [1.165, 1.54) is 25.7 Å². The van der Waals surface area contributed by atoms with Gasteiger partial charge in [0.1, 0.15) is 0 Å². The molecule has 1 heterocycles. The molecule has 0 bridgehead atoms. The van der Waals surface area contributed by atoms with Crippen LogP contribution in [0.5, 0.6) is 0 Å². The van der Waals surface area contributed by atoms with Crippen molar-refractivity contribution in [2.45, 2.75) is 59.3 Å². The highest BCUT2D eigenvalue weighted by molar-refractivity contribution is 5.94. The first kappa shape index (κ1) is 20.7. The monoisotopic (exact) mass is 385 g/mol. The normalized spacial score (nSPS) is 18.4. The second-order valence-electron chi connectivity index (χ2n) is 9.31. The summed E-state index contributed by atoms with van der Waals surface area (Å²) in [4.78, 5) is 28.9. The Kier molecular flexibility index (Phi) is 6.63. The van der Waals surface area contributed by atoms with Crippen molar-refractivity contribution in [3.8, 4) is 0 Å². The van der Waals surface area contributed by atoms with Gasteiger partial charge >= 0.3 is 0 Å². The highest BCUT2D eigenvalue weighted by Crippen LogP contribution is 2.29. The van der Waals surface area contributed by atoms with Crippen molar-refractivity contribution in [2.75, 3.05) is 36.4 Å². The molecule has 28 heavy (non-hydrogen) atoms. The number of hydrogen-bond donors (Lipinski definition) is 1. The SMILES string of the molecule is CC(C)(C)C(=O)Nc1ccc(N2CCN(C(=O)CCC3CCCC3)CC2)cc1. The summed E-state index contributed by atoms with van der Waals surface area (Å²) in [5.41, 5.74) is 1.57. The molecule has 1 saturated heterocycles. The zero-order chi connectivity index (χ0) is 20.1. The topological polar surface area (TPSA) is 52.7 Å². The van der Waals surface area contributed by atoms with Crippen LogP contribution in [0, 0.1) is 11.3 Å². The van der Waals surface area contributed by atoms with Gasteiger partial charge in [0.25, 0.3) is 0 Å². The summed E-state index contributed by atoms with van der Waals surface area (Å²) in [6.45, 7) is 9.05. The van der Waals surface area contributed by atoms with Gasteiger partial charge in [0.15, 0.2) is 0 Å². The summed E-state index contributed by atoms with van der Waals surface area (Å²) in [5, 5.41) is 2.96. The van der Waals surface area contributed by atoms with Crippen LogP contribution in [0.2, 0.25) is 0 Å². The molecule has 3 rings (SSSR count). The fourth-order valence-electron chi connectivity index (χ4n) is 4.07. The van der Waals surface area contributed by atoms with Crippen LogP contribution in [-0.2, 0) is 9.59 Å². The van der Waals surface area contributed by atoms with Gasteiger partial charge in [-0.3, -0.25) is 9.59 Å². The molecule has 1 aromatic rings. The molecule has 1 N–H and O–H groups in total. The van der Waals surface area contributed by atoms with Crippen LogP contribution in [0.3, 0.4) is 0 Å². The summed E-state index contributed by atoms with van der Waals surface area (Å²) in [6, 6.07) is 8.02. The standard InChI is InChI=1S/C23H35N3O2/c1-23(2,3)22(28)24-19-9-11-20(12-10-19)25-14-16-26(17-15-25)21(27)13-8-18-6-4-5-7-18/h9-12,18H,4-8,13-17H2,1-3H3,(H,24,28). The van der Waals surface area contributed by atoms with Crippen molar-refractivity contribution in [3.63, 3.8) is 0 Å². The molecule has 0 aromatic heterocycles. The van der Waals surface area contributed by atoms with E-state index >= 15 is 0 Å². The predicted octanol–water partition coefficient (Wildman–Crippen LogP) is 4.29. The minimum absolute atomic E-state index is 0.0185. The molecule has 1 aromatic carbocycles. The van der Waals surface area contributed by atoms with Crippen LogP contribution in [0.4, 0.5) is 11.4 Å². The maximum Gasteiger partial charge on any atom is 0.229 e. The molecule has 0 unspecified atom stereocenters. The number of benzene rings is 1. The third kappa shape index (κ3) is 5.49. The van der Waals surface area contributed by atoms with E-state index in [0.29, 0.717) is 12.3 Å². The van der Waals surface area contributed by atoms with Crippen molar-refractivity contribution in [1.82, 2.24) is 4.90 Å². The molecule has 1 aliphatic carbocycles. The first-order valence-electron chi connectivity index (χ1n) is 10.8. The average Bonchev–Trinajstić information content (AvgIpc) is 3.20. The fourth-order valence-corrected chi connectivity index (χ4v) is 4.07. The summed E-state index contributed by atoms with van der Waals surface area (Å²) < 4.78 is 0. The molecule has 1 aliphatic heterocycles. The lowest BCUT2D eigenvalue weighted by Gasteiger charge is -2.36.